The molecule has 3 rings (SSSR count). The topological polar surface area (TPSA) is 74.2 Å². The van der Waals surface area contributed by atoms with Gasteiger partial charge < -0.3 is 15.0 Å². The quantitative estimate of drug-likeness (QED) is 0.935. The Morgan fingerprint density at radius 2 is 2.19 bits per heavy atom. The molecule has 1 aliphatic heterocycles. The normalized spacial score (nSPS) is 20.4. The Labute approximate surface area is 124 Å². The molecule has 5 heteroatoms. The van der Waals surface area contributed by atoms with Gasteiger partial charge in [0.1, 0.15) is 5.75 Å². The molecule has 5 nitrogen and oxygen atoms in total. The molecule has 2 unspecified atom stereocenters. The number of nitrogens with two attached hydrogens (primary N) is 1. The second-order valence-electron chi connectivity index (χ2n) is 5.85. The highest BCUT2D eigenvalue weighted by atomic mass is 16.5. The van der Waals surface area contributed by atoms with Crippen LogP contribution in [0.4, 0.5) is 0 Å². The fraction of sp³-hybridized carbons (Fsp3) is 0.500. The number of para-hydroxylation sites is 1. The molecule has 2 aromatic rings. The molecule has 0 saturated carbocycles. The minimum Gasteiger partial charge on any atom is -0.493 e. The van der Waals surface area contributed by atoms with Crippen molar-refractivity contribution in [1.82, 2.24) is 10.1 Å². The predicted octanol–water partition coefficient (Wildman–Crippen LogP) is 2.96. The summed E-state index contributed by atoms with van der Waals surface area (Å²) < 4.78 is 11.1. The van der Waals surface area contributed by atoms with Gasteiger partial charge in [0.15, 0.2) is 5.82 Å². The second-order valence-corrected chi connectivity index (χ2v) is 5.85. The van der Waals surface area contributed by atoms with Crippen molar-refractivity contribution in [1.29, 1.82) is 0 Å². The van der Waals surface area contributed by atoms with Gasteiger partial charge in [0.25, 0.3) is 0 Å². The number of rotatable bonds is 4. The highest BCUT2D eigenvalue weighted by Crippen LogP contribution is 2.37. The lowest BCUT2D eigenvalue weighted by atomic mass is 9.92. The van der Waals surface area contributed by atoms with Gasteiger partial charge in [-0.2, -0.15) is 4.98 Å². The Kier molecular flexibility index (Phi) is 3.68. The monoisotopic (exact) mass is 287 g/mol. The molecule has 0 fully saturated rings. The molecule has 2 heterocycles. The molecule has 1 aromatic heterocycles. The summed E-state index contributed by atoms with van der Waals surface area (Å²) in [5.41, 5.74) is 6.82. The van der Waals surface area contributed by atoms with Crippen LogP contribution < -0.4 is 10.5 Å². The van der Waals surface area contributed by atoms with E-state index in [0.717, 1.165) is 30.6 Å². The first kappa shape index (κ1) is 14.1. The zero-order chi connectivity index (χ0) is 14.9. The molecule has 1 aliphatic rings. The number of aromatic nitrogens is 2. The average molecular weight is 287 g/mol. The molecule has 0 aliphatic carbocycles. The first-order chi connectivity index (χ1) is 10.1. The second kappa shape index (κ2) is 5.48. The molecule has 0 bridgehead atoms. The Balaban J connectivity index is 1.91. The summed E-state index contributed by atoms with van der Waals surface area (Å²) in [6, 6.07) is 8.02. The molecule has 0 spiro atoms. The summed E-state index contributed by atoms with van der Waals surface area (Å²) in [6.45, 7) is 4.70. The van der Waals surface area contributed by atoms with Gasteiger partial charge in [-0.1, -0.05) is 36.7 Å². The number of hydrogen-bond donors (Lipinski definition) is 1. The molecule has 0 amide bonds. The zero-order valence-corrected chi connectivity index (χ0v) is 12.5. The first-order valence-electron chi connectivity index (χ1n) is 7.46. The van der Waals surface area contributed by atoms with Crippen molar-refractivity contribution in [2.24, 2.45) is 5.73 Å². The lowest BCUT2D eigenvalue weighted by Gasteiger charge is -2.23. The summed E-state index contributed by atoms with van der Waals surface area (Å²) in [7, 11) is 0. The lowest BCUT2D eigenvalue weighted by molar-refractivity contribution is 0.267. The summed E-state index contributed by atoms with van der Waals surface area (Å²) in [5.74, 6) is 2.24. The van der Waals surface area contributed by atoms with Crippen LogP contribution in [0.5, 0.6) is 5.75 Å². The van der Waals surface area contributed by atoms with Gasteiger partial charge in [-0.15, -0.1) is 0 Å². The van der Waals surface area contributed by atoms with Crippen LogP contribution in [0.2, 0.25) is 0 Å². The van der Waals surface area contributed by atoms with Gasteiger partial charge in [-0.25, -0.2) is 0 Å². The van der Waals surface area contributed by atoms with Crippen molar-refractivity contribution in [3.8, 4) is 5.75 Å². The first-order valence-corrected chi connectivity index (χ1v) is 7.46. The van der Waals surface area contributed by atoms with E-state index in [1.165, 1.54) is 0 Å². The van der Waals surface area contributed by atoms with E-state index in [1.807, 2.05) is 25.1 Å². The maximum absolute atomic E-state index is 6.27. The third kappa shape index (κ3) is 2.65. The number of ether oxygens (including phenoxy) is 1. The maximum Gasteiger partial charge on any atom is 0.246 e. The Hall–Kier alpha value is -1.88. The fourth-order valence-corrected chi connectivity index (χ4v) is 2.84. The maximum atomic E-state index is 6.27. The average Bonchev–Trinajstić information content (AvgIpc) is 2.97. The summed E-state index contributed by atoms with van der Waals surface area (Å²) in [4.78, 5) is 4.56. The van der Waals surface area contributed by atoms with Gasteiger partial charge in [0, 0.05) is 5.56 Å². The lowest BCUT2D eigenvalue weighted by Crippen LogP contribution is -2.33. The summed E-state index contributed by atoms with van der Waals surface area (Å²) in [5, 5.41) is 4.17. The van der Waals surface area contributed by atoms with Crippen molar-refractivity contribution in [3.63, 3.8) is 0 Å². The minimum absolute atomic E-state index is 0.116. The third-order valence-corrected chi connectivity index (χ3v) is 3.97. The van der Waals surface area contributed by atoms with E-state index < -0.39 is 5.54 Å². The fourth-order valence-electron chi connectivity index (χ4n) is 2.84. The van der Waals surface area contributed by atoms with Crippen LogP contribution in [0, 0.1) is 0 Å². The molecule has 112 valence electrons. The van der Waals surface area contributed by atoms with E-state index in [1.54, 1.807) is 0 Å². The Morgan fingerprint density at radius 3 is 3.00 bits per heavy atom. The summed E-state index contributed by atoms with van der Waals surface area (Å²) >= 11 is 0. The van der Waals surface area contributed by atoms with Crippen molar-refractivity contribution < 1.29 is 9.26 Å². The molecule has 0 saturated heterocycles. The highest BCUT2D eigenvalue weighted by molar-refractivity contribution is 5.40. The molecular weight excluding hydrogens is 266 g/mol. The van der Waals surface area contributed by atoms with Crippen LogP contribution >= 0.6 is 0 Å². The van der Waals surface area contributed by atoms with Crippen molar-refractivity contribution in [2.75, 3.05) is 6.61 Å². The van der Waals surface area contributed by atoms with E-state index in [2.05, 4.69) is 23.1 Å². The molecule has 2 N–H and O–H groups in total. The van der Waals surface area contributed by atoms with Crippen LogP contribution in [-0.2, 0) is 5.54 Å². The molecular formula is C16H21N3O2. The van der Waals surface area contributed by atoms with Crippen LogP contribution in [0.3, 0.4) is 0 Å². The number of nitrogens with zero attached hydrogens (tertiary/aromatic N) is 2. The molecule has 1 aromatic carbocycles. The largest absolute Gasteiger partial charge is 0.493 e. The molecule has 0 radical (unpaired) electrons. The van der Waals surface area contributed by atoms with Gasteiger partial charge in [0.2, 0.25) is 5.89 Å². The smallest absolute Gasteiger partial charge is 0.246 e. The molecule has 2 atom stereocenters. The SMILES string of the molecule is CCCC(C)(N)c1nc(C2CCOc3ccccc32)no1. The van der Waals surface area contributed by atoms with Gasteiger partial charge >= 0.3 is 0 Å². The van der Waals surface area contributed by atoms with Crippen molar-refractivity contribution in [3.05, 3.63) is 41.5 Å². The van der Waals surface area contributed by atoms with E-state index in [4.69, 9.17) is 15.0 Å². The van der Waals surface area contributed by atoms with E-state index in [9.17, 15) is 0 Å². The van der Waals surface area contributed by atoms with E-state index in [-0.39, 0.29) is 5.92 Å². The van der Waals surface area contributed by atoms with Crippen LogP contribution in [-0.4, -0.2) is 16.7 Å². The Bertz CT molecular complexity index is 621. The van der Waals surface area contributed by atoms with E-state index >= 15 is 0 Å². The summed E-state index contributed by atoms with van der Waals surface area (Å²) in [6.07, 6.45) is 2.65. The van der Waals surface area contributed by atoms with Crippen molar-refractivity contribution >= 4 is 0 Å². The van der Waals surface area contributed by atoms with Crippen LogP contribution in [0.25, 0.3) is 0 Å². The predicted molar refractivity (Wildman–Crippen MR) is 79.1 cm³/mol. The van der Waals surface area contributed by atoms with Gasteiger partial charge in [-0.05, 0) is 25.8 Å². The number of benzene rings is 1. The number of hydrogen-bond acceptors (Lipinski definition) is 5. The van der Waals surface area contributed by atoms with Crippen LogP contribution in [0.1, 0.15) is 56.3 Å². The van der Waals surface area contributed by atoms with E-state index in [0.29, 0.717) is 18.3 Å². The third-order valence-electron chi connectivity index (χ3n) is 3.97. The standard InChI is InChI=1S/C16H21N3O2/c1-3-9-16(2,17)15-18-14(19-21-15)12-8-10-20-13-7-5-4-6-11(12)13/h4-7,12H,3,8-10,17H2,1-2H3. The highest BCUT2D eigenvalue weighted by Gasteiger charge is 2.31. The van der Waals surface area contributed by atoms with Crippen LogP contribution in [0.15, 0.2) is 28.8 Å². The molecule has 21 heavy (non-hydrogen) atoms. The Morgan fingerprint density at radius 1 is 1.38 bits per heavy atom. The van der Waals surface area contributed by atoms with Gasteiger partial charge in [-0.3, -0.25) is 0 Å². The zero-order valence-electron chi connectivity index (χ0n) is 12.5. The van der Waals surface area contributed by atoms with Crippen molar-refractivity contribution in [2.45, 2.75) is 44.6 Å². The van der Waals surface area contributed by atoms with Gasteiger partial charge in [0.05, 0.1) is 18.1 Å². The minimum atomic E-state index is -0.565. The number of fused-ring (bicyclic) bond motifs is 1.